The van der Waals surface area contributed by atoms with E-state index in [2.05, 4.69) is 15.0 Å². The quantitative estimate of drug-likeness (QED) is 0.517. The first-order valence-corrected chi connectivity index (χ1v) is 11.4. The molecule has 10 heteroatoms. The lowest BCUT2D eigenvalue weighted by Crippen LogP contribution is -2.32. The number of anilines is 2. The van der Waals surface area contributed by atoms with Crippen molar-refractivity contribution in [3.8, 4) is 11.5 Å². The summed E-state index contributed by atoms with van der Waals surface area (Å²) in [7, 11) is -2.19. The van der Waals surface area contributed by atoms with E-state index >= 15 is 0 Å². The van der Waals surface area contributed by atoms with Crippen molar-refractivity contribution >= 4 is 38.1 Å². The van der Waals surface area contributed by atoms with Gasteiger partial charge in [0.15, 0.2) is 11.2 Å². The van der Waals surface area contributed by atoms with E-state index in [4.69, 9.17) is 9.47 Å². The molecule has 0 saturated heterocycles. The van der Waals surface area contributed by atoms with Crippen LogP contribution < -0.4 is 19.5 Å². The molecule has 1 heterocycles. The molecule has 2 N–H and O–H groups in total. The van der Waals surface area contributed by atoms with Crippen LogP contribution in [0.5, 0.6) is 11.5 Å². The third-order valence-electron chi connectivity index (χ3n) is 4.07. The summed E-state index contributed by atoms with van der Waals surface area (Å²) >= 11 is 1.18. The Kier molecular flexibility index (Phi) is 6.91. The van der Waals surface area contributed by atoms with E-state index in [1.54, 1.807) is 36.8 Å². The highest BCUT2D eigenvalue weighted by molar-refractivity contribution is 7.93. The van der Waals surface area contributed by atoms with Gasteiger partial charge in [0, 0.05) is 23.3 Å². The Balaban J connectivity index is 1.65. The van der Waals surface area contributed by atoms with Crippen LogP contribution in [-0.2, 0) is 14.8 Å². The highest BCUT2D eigenvalue weighted by Gasteiger charge is 2.20. The van der Waals surface area contributed by atoms with Crippen molar-refractivity contribution in [2.75, 3.05) is 17.1 Å². The summed E-state index contributed by atoms with van der Waals surface area (Å²) in [6.45, 7) is 1.84. The second kappa shape index (κ2) is 9.59. The molecule has 0 unspecified atom stereocenters. The van der Waals surface area contributed by atoms with Crippen LogP contribution in [-0.4, -0.2) is 32.5 Å². The van der Waals surface area contributed by atoms with Crippen LogP contribution >= 0.6 is 11.3 Å². The molecule has 0 aliphatic heterocycles. The van der Waals surface area contributed by atoms with Crippen molar-refractivity contribution in [3.63, 3.8) is 0 Å². The lowest BCUT2D eigenvalue weighted by molar-refractivity contribution is -0.122. The van der Waals surface area contributed by atoms with Gasteiger partial charge in [-0.3, -0.25) is 9.52 Å². The molecule has 0 radical (unpaired) electrons. The molecular weight excluding hydrogens is 426 g/mol. The minimum absolute atomic E-state index is 0.0652. The van der Waals surface area contributed by atoms with Crippen molar-refractivity contribution in [2.24, 2.45) is 0 Å². The zero-order chi connectivity index (χ0) is 21.6. The second-order valence-electron chi connectivity index (χ2n) is 6.15. The first-order valence-electron chi connectivity index (χ1n) is 9.05. The van der Waals surface area contributed by atoms with Crippen LogP contribution in [0.4, 0.5) is 10.8 Å². The van der Waals surface area contributed by atoms with Gasteiger partial charge in [-0.2, -0.15) is 0 Å². The van der Waals surface area contributed by atoms with E-state index < -0.39 is 16.1 Å². The van der Waals surface area contributed by atoms with Gasteiger partial charge < -0.3 is 14.8 Å². The molecule has 30 heavy (non-hydrogen) atoms. The SMILES string of the molecule is CC[C@H](Oc1cccc(OC)c1)C(=O)Nc1ccc(S(=O)(=O)Nc2nccs2)cc1. The number of amides is 1. The van der Waals surface area contributed by atoms with E-state index in [0.29, 0.717) is 23.6 Å². The standard InChI is InChI=1S/C20H21N3O5S2/c1-3-18(28-16-6-4-5-15(13-16)27-2)19(24)22-14-7-9-17(10-8-14)30(25,26)23-20-21-11-12-29-20/h4-13,18H,3H2,1-2H3,(H,21,23)(H,22,24)/t18-/m0/s1. The number of hydrogen-bond acceptors (Lipinski definition) is 7. The maximum absolute atomic E-state index is 12.6. The van der Waals surface area contributed by atoms with Gasteiger partial charge in [-0.25, -0.2) is 13.4 Å². The Morgan fingerprint density at radius 1 is 1.17 bits per heavy atom. The summed E-state index contributed by atoms with van der Waals surface area (Å²) in [4.78, 5) is 16.6. The van der Waals surface area contributed by atoms with Crippen LogP contribution in [0.3, 0.4) is 0 Å². The normalized spacial score (nSPS) is 12.1. The Morgan fingerprint density at radius 3 is 2.53 bits per heavy atom. The summed E-state index contributed by atoms with van der Waals surface area (Å²) < 4.78 is 38.1. The topological polar surface area (TPSA) is 107 Å². The molecule has 1 aromatic heterocycles. The maximum Gasteiger partial charge on any atom is 0.265 e. The molecule has 1 atom stereocenters. The van der Waals surface area contributed by atoms with Crippen molar-refractivity contribution in [1.82, 2.24) is 4.98 Å². The largest absolute Gasteiger partial charge is 0.497 e. The first-order chi connectivity index (χ1) is 14.4. The van der Waals surface area contributed by atoms with Crippen LogP contribution in [0.15, 0.2) is 65.0 Å². The number of sulfonamides is 1. The molecule has 0 aliphatic carbocycles. The van der Waals surface area contributed by atoms with Crippen LogP contribution in [0.1, 0.15) is 13.3 Å². The highest BCUT2D eigenvalue weighted by atomic mass is 32.2. The second-order valence-corrected chi connectivity index (χ2v) is 8.73. The Morgan fingerprint density at radius 2 is 1.90 bits per heavy atom. The van der Waals surface area contributed by atoms with E-state index in [0.717, 1.165) is 0 Å². The molecule has 2 aromatic carbocycles. The summed E-state index contributed by atoms with van der Waals surface area (Å²) in [5, 5.41) is 4.71. The summed E-state index contributed by atoms with van der Waals surface area (Å²) in [6, 6.07) is 12.9. The highest BCUT2D eigenvalue weighted by Crippen LogP contribution is 2.22. The van der Waals surface area contributed by atoms with Gasteiger partial charge in [0.25, 0.3) is 15.9 Å². The lowest BCUT2D eigenvalue weighted by atomic mass is 10.2. The predicted octanol–water partition coefficient (Wildman–Crippen LogP) is 3.75. The van der Waals surface area contributed by atoms with Gasteiger partial charge in [0.05, 0.1) is 12.0 Å². The number of nitrogens with one attached hydrogen (secondary N) is 2. The Labute approximate surface area is 178 Å². The van der Waals surface area contributed by atoms with Crippen molar-refractivity contribution in [2.45, 2.75) is 24.3 Å². The monoisotopic (exact) mass is 447 g/mol. The van der Waals surface area contributed by atoms with E-state index in [1.807, 2.05) is 6.92 Å². The number of rotatable bonds is 9. The minimum Gasteiger partial charge on any atom is -0.497 e. The fourth-order valence-electron chi connectivity index (χ4n) is 2.55. The fraction of sp³-hybridized carbons (Fsp3) is 0.200. The van der Waals surface area contributed by atoms with Gasteiger partial charge >= 0.3 is 0 Å². The lowest BCUT2D eigenvalue weighted by Gasteiger charge is -2.18. The number of thiazole rings is 1. The number of hydrogen-bond donors (Lipinski definition) is 2. The fourth-order valence-corrected chi connectivity index (χ4v) is 4.34. The average Bonchev–Trinajstić information content (AvgIpc) is 3.24. The molecule has 8 nitrogen and oxygen atoms in total. The minimum atomic E-state index is -3.75. The molecule has 3 aromatic rings. The van der Waals surface area contributed by atoms with Gasteiger partial charge in [0.1, 0.15) is 11.5 Å². The molecule has 0 saturated carbocycles. The van der Waals surface area contributed by atoms with Gasteiger partial charge in [-0.05, 0) is 42.8 Å². The predicted molar refractivity (Wildman–Crippen MR) is 116 cm³/mol. The molecule has 1 amide bonds. The number of aromatic nitrogens is 1. The number of carbonyl (C=O) groups is 1. The number of ether oxygens (including phenoxy) is 2. The smallest absolute Gasteiger partial charge is 0.265 e. The van der Waals surface area contributed by atoms with Gasteiger partial charge in [-0.1, -0.05) is 13.0 Å². The zero-order valence-electron chi connectivity index (χ0n) is 16.4. The third-order valence-corrected chi connectivity index (χ3v) is 6.24. The van der Waals surface area contributed by atoms with Crippen LogP contribution in [0.25, 0.3) is 0 Å². The zero-order valence-corrected chi connectivity index (χ0v) is 18.0. The van der Waals surface area contributed by atoms with Crippen molar-refractivity contribution < 1.29 is 22.7 Å². The van der Waals surface area contributed by atoms with Gasteiger partial charge in [-0.15, -0.1) is 11.3 Å². The first kappa shape index (κ1) is 21.6. The summed E-state index contributed by atoms with van der Waals surface area (Å²) in [5.41, 5.74) is 0.459. The van der Waals surface area contributed by atoms with Crippen LogP contribution in [0.2, 0.25) is 0 Å². The van der Waals surface area contributed by atoms with Crippen molar-refractivity contribution in [3.05, 3.63) is 60.1 Å². The maximum atomic E-state index is 12.6. The van der Waals surface area contributed by atoms with Gasteiger partial charge in [0.2, 0.25) is 0 Å². The molecule has 0 aliphatic rings. The number of benzene rings is 2. The molecule has 158 valence electrons. The number of carbonyl (C=O) groups excluding carboxylic acids is 1. The van der Waals surface area contributed by atoms with E-state index in [9.17, 15) is 13.2 Å². The average molecular weight is 448 g/mol. The molecular formula is C20H21N3O5S2. The number of nitrogens with zero attached hydrogens (tertiary/aromatic N) is 1. The van der Waals surface area contributed by atoms with Crippen molar-refractivity contribution in [1.29, 1.82) is 0 Å². The van der Waals surface area contributed by atoms with E-state index in [1.165, 1.54) is 41.8 Å². The molecule has 0 bridgehead atoms. The Hall–Kier alpha value is -3.11. The summed E-state index contributed by atoms with van der Waals surface area (Å²) in [5.74, 6) is 0.814. The Bertz CT molecular complexity index is 1080. The summed E-state index contributed by atoms with van der Waals surface area (Å²) in [6.07, 6.45) is 1.25. The van der Waals surface area contributed by atoms with Crippen LogP contribution in [0, 0.1) is 0 Å². The molecule has 0 spiro atoms. The number of methoxy groups -OCH3 is 1. The molecule has 3 rings (SSSR count). The molecule has 0 fully saturated rings. The third kappa shape index (κ3) is 5.49. The van der Waals surface area contributed by atoms with E-state index in [-0.39, 0.29) is 15.9 Å².